The van der Waals surface area contributed by atoms with Crippen molar-refractivity contribution in [1.29, 1.82) is 0 Å². The van der Waals surface area contributed by atoms with Crippen LogP contribution in [0.15, 0.2) is 24.3 Å². The molecule has 1 aromatic carbocycles. The molecule has 1 aromatic rings. The fourth-order valence-electron chi connectivity index (χ4n) is 2.11. The van der Waals surface area contributed by atoms with Crippen LogP contribution in [0.2, 0.25) is 0 Å². The lowest BCUT2D eigenvalue weighted by molar-refractivity contribution is 0.218. The molecule has 0 amide bonds. The summed E-state index contributed by atoms with van der Waals surface area (Å²) in [7, 11) is -3.22. The first-order chi connectivity index (χ1) is 9.03. The van der Waals surface area contributed by atoms with Gasteiger partial charge in [0.05, 0.1) is 12.9 Å². The topological polar surface area (TPSA) is 67.4 Å². The molecule has 1 aliphatic rings. The molecule has 2 rings (SSSR count). The van der Waals surface area contributed by atoms with Gasteiger partial charge in [-0.2, -0.15) is 0 Å². The number of anilines is 1. The highest BCUT2D eigenvalue weighted by atomic mass is 32.2. The monoisotopic (exact) mass is 284 g/mol. The van der Waals surface area contributed by atoms with Gasteiger partial charge in [0, 0.05) is 18.2 Å². The zero-order valence-electron chi connectivity index (χ0n) is 11.1. The molecular weight excluding hydrogens is 264 g/mol. The van der Waals surface area contributed by atoms with E-state index in [2.05, 4.69) is 10.0 Å². The maximum Gasteiger partial charge on any atom is 0.229 e. The van der Waals surface area contributed by atoms with E-state index in [1.54, 1.807) is 24.3 Å². The average molecular weight is 284 g/mol. The highest BCUT2D eigenvalue weighted by molar-refractivity contribution is 7.92. The van der Waals surface area contributed by atoms with Gasteiger partial charge < -0.3 is 10.1 Å². The summed E-state index contributed by atoms with van der Waals surface area (Å²) in [5.41, 5.74) is 0.550. The number of hydrogen-bond donors (Lipinski definition) is 2. The van der Waals surface area contributed by atoms with Crippen LogP contribution in [0.1, 0.15) is 12.8 Å². The van der Waals surface area contributed by atoms with Crippen molar-refractivity contribution in [1.82, 2.24) is 5.32 Å². The molecule has 0 saturated carbocycles. The molecule has 0 spiro atoms. The fourth-order valence-corrected chi connectivity index (χ4v) is 2.68. The van der Waals surface area contributed by atoms with Gasteiger partial charge >= 0.3 is 0 Å². The van der Waals surface area contributed by atoms with Gasteiger partial charge in [-0.25, -0.2) is 8.42 Å². The SMILES string of the molecule is CS(=O)(=O)Nc1ccc(OCC2CCCNC2)cc1. The van der Waals surface area contributed by atoms with Crippen LogP contribution < -0.4 is 14.8 Å². The van der Waals surface area contributed by atoms with E-state index in [1.807, 2.05) is 0 Å². The molecule has 1 fully saturated rings. The first-order valence-corrected chi connectivity index (χ1v) is 8.33. The number of ether oxygens (including phenoxy) is 1. The number of sulfonamides is 1. The van der Waals surface area contributed by atoms with Gasteiger partial charge in [0.15, 0.2) is 0 Å². The van der Waals surface area contributed by atoms with Crippen molar-refractivity contribution in [2.75, 3.05) is 30.7 Å². The Labute approximate surface area is 114 Å². The molecule has 5 nitrogen and oxygen atoms in total. The normalized spacial score (nSPS) is 19.9. The molecule has 1 heterocycles. The summed E-state index contributed by atoms with van der Waals surface area (Å²) in [6.45, 7) is 2.81. The minimum Gasteiger partial charge on any atom is -0.493 e. The Morgan fingerprint density at radius 1 is 1.37 bits per heavy atom. The summed E-state index contributed by atoms with van der Waals surface area (Å²) < 4.78 is 30.3. The second-order valence-electron chi connectivity index (χ2n) is 4.92. The Kier molecular flexibility index (Phi) is 4.66. The summed E-state index contributed by atoms with van der Waals surface area (Å²) in [5.74, 6) is 1.33. The van der Waals surface area contributed by atoms with Crippen LogP contribution >= 0.6 is 0 Å². The van der Waals surface area contributed by atoms with Crippen molar-refractivity contribution in [3.63, 3.8) is 0 Å². The van der Waals surface area contributed by atoms with Crippen molar-refractivity contribution in [2.24, 2.45) is 5.92 Å². The molecule has 0 radical (unpaired) electrons. The van der Waals surface area contributed by atoms with Crippen LogP contribution in [0, 0.1) is 5.92 Å². The van der Waals surface area contributed by atoms with Crippen molar-refractivity contribution in [3.05, 3.63) is 24.3 Å². The van der Waals surface area contributed by atoms with E-state index in [-0.39, 0.29) is 0 Å². The third-order valence-electron chi connectivity index (χ3n) is 3.04. The maximum absolute atomic E-state index is 11.1. The molecule has 6 heteroatoms. The van der Waals surface area contributed by atoms with E-state index in [1.165, 1.54) is 12.8 Å². The quantitative estimate of drug-likeness (QED) is 0.858. The Hall–Kier alpha value is -1.27. The van der Waals surface area contributed by atoms with Gasteiger partial charge in [-0.05, 0) is 43.7 Å². The Morgan fingerprint density at radius 2 is 2.11 bits per heavy atom. The summed E-state index contributed by atoms with van der Waals surface area (Å²) >= 11 is 0. The van der Waals surface area contributed by atoms with Crippen LogP contribution in [0.5, 0.6) is 5.75 Å². The van der Waals surface area contributed by atoms with Gasteiger partial charge in [0.2, 0.25) is 10.0 Å². The minimum atomic E-state index is -3.22. The van der Waals surface area contributed by atoms with E-state index in [4.69, 9.17) is 4.74 Å². The molecule has 1 atom stereocenters. The molecule has 2 N–H and O–H groups in total. The molecule has 0 aromatic heterocycles. The fraction of sp³-hybridized carbons (Fsp3) is 0.538. The average Bonchev–Trinajstić information content (AvgIpc) is 2.37. The van der Waals surface area contributed by atoms with Crippen LogP contribution in [0.25, 0.3) is 0 Å². The van der Waals surface area contributed by atoms with Gasteiger partial charge in [0.1, 0.15) is 5.75 Å². The van der Waals surface area contributed by atoms with Gasteiger partial charge in [0.25, 0.3) is 0 Å². The van der Waals surface area contributed by atoms with Crippen LogP contribution in [0.4, 0.5) is 5.69 Å². The molecule has 1 unspecified atom stereocenters. The lowest BCUT2D eigenvalue weighted by Gasteiger charge is -2.22. The third-order valence-corrected chi connectivity index (χ3v) is 3.65. The molecule has 106 valence electrons. The predicted octanol–water partition coefficient (Wildman–Crippen LogP) is 1.44. The number of hydrogen-bond acceptors (Lipinski definition) is 4. The minimum absolute atomic E-state index is 0.550. The van der Waals surface area contributed by atoms with E-state index in [0.717, 1.165) is 25.1 Å². The van der Waals surface area contributed by atoms with Crippen molar-refractivity contribution < 1.29 is 13.2 Å². The van der Waals surface area contributed by atoms with Gasteiger partial charge in [-0.3, -0.25) is 4.72 Å². The van der Waals surface area contributed by atoms with E-state index in [0.29, 0.717) is 18.2 Å². The number of rotatable bonds is 5. The van der Waals surface area contributed by atoms with E-state index < -0.39 is 10.0 Å². The molecule has 0 aliphatic carbocycles. The number of piperidine rings is 1. The standard InChI is InChI=1S/C13H20N2O3S/c1-19(16,17)15-12-4-6-13(7-5-12)18-10-11-3-2-8-14-9-11/h4-7,11,14-15H,2-3,8-10H2,1H3. The number of benzene rings is 1. The largest absolute Gasteiger partial charge is 0.493 e. The molecule has 1 saturated heterocycles. The predicted molar refractivity (Wildman–Crippen MR) is 76.0 cm³/mol. The Morgan fingerprint density at radius 3 is 2.68 bits per heavy atom. The Balaban J connectivity index is 1.84. The smallest absolute Gasteiger partial charge is 0.229 e. The molecule has 1 aliphatic heterocycles. The third kappa shape index (κ3) is 5.08. The zero-order valence-corrected chi connectivity index (χ0v) is 11.9. The molecular formula is C13H20N2O3S. The van der Waals surface area contributed by atoms with Gasteiger partial charge in [-0.1, -0.05) is 0 Å². The maximum atomic E-state index is 11.1. The highest BCUT2D eigenvalue weighted by Crippen LogP contribution is 2.18. The molecule has 19 heavy (non-hydrogen) atoms. The summed E-state index contributed by atoms with van der Waals surface area (Å²) in [6.07, 6.45) is 3.53. The second-order valence-corrected chi connectivity index (χ2v) is 6.67. The Bertz CT molecular complexity index is 493. The first-order valence-electron chi connectivity index (χ1n) is 6.44. The molecule has 0 bridgehead atoms. The summed E-state index contributed by atoms with van der Waals surface area (Å²) in [5, 5.41) is 3.35. The van der Waals surface area contributed by atoms with E-state index in [9.17, 15) is 8.42 Å². The zero-order chi connectivity index (χ0) is 13.7. The lowest BCUT2D eigenvalue weighted by atomic mass is 10.0. The van der Waals surface area contributed by atoms with Crippen molar-refractivity contribution >= 4 is 15.7 Å². The van der Waals surface area contributed by atoms with E-state index >= 15 is 0 Å². The first kappa shape index (κ1) is 14.1. The summed E-state index contributed by atoms with van der Waals surface area (Å²) in [6, 6.07) is 6.97. The number of nitrogens with one attached hydrogen (secondary N) is 2. The van der Waals surface area contributed by atoms with Gasteiger partial charge in [-0.15, -0.1) is 0 Å². The van der Waals surface area contributed by atoms with Crippen LogP contribution in [-0.2, 0) is 10.0 Å². The van der Waals surface area contributed by atoms with Crippen molar-refractivity contribution in [3.8, 4) is 5.75 Å². The van der Waals surface area contributed by atoms with Crippen LogP contribution in [0.3, 0.4) is 0 Å². The second kappa shape index (κ2) is 6.25. The lowest BCUT2D eigenvalue weighted by Crippen LogP contribution is -2.33. The van der Waals surface area contributed by atoms with Crippen LogP contribution in [-0.4, -0.2) is 34.4 Å². The van der Waals surface area contributed by atoms with Crippen molar-refractivity contribution in [2.45, 2.75) is 12.8 Å². The summed E-state index contributed by atoms with van der Waals surface area (Å²) in [4.78, 5) is 0. The highest BCUT2D eigenvalue weighted by Gasteiger charge is 2.13.